The van der Waals surface area contributed by atoms with Crippen molar-refractivity contribution in [2.45, 2.75) is 93.9 Å². The summed E-state index contributed by atoms with van der Waals surface area (Å²) in [6.45, 7) is 5.31. The van der Waals surface area contributed by atoms with E-state index >= 15 is 0 Å². The summed E-state index contributed by atoms with van der Waals surface area (Å²) in [5, 5.41) is 4.75. The van der Waals surface area contributed by atoms with Crippen molar-refractivity contribution < 1.29 is 46.6 Å². The number of sulfonamides is 1. The number of fused-ring (bicyclic) bond motifs is 2. The fraction of sp³-hybridized carbons (Fsp3) is 0.500. The Bertz CT molecular complexity index is 1860. The first-order valence-corrected chi connectivity index (χ1v) is 19.5. The molecule has 3 N–H and O–H groups in total. The molecule has 2 aliphatic carbocycles. The molecule has 2 aromatic rings. The average molecular weight is 751 g/mol. The highest BCUT2D eigenvalue weighted by Gasteiger charge is 2.62. The number of nitrogens with zero attached hydrogens (tertiary/aromatic N) is 1. The number of hydrogen-bond acceptors (Lipinski definition) is 10. The van der Waals surface area contributed by atoms with Gasteiger partial charge in [0.15, 0.2) is 0 Å². The molecule has 2 heterocycles. The van der Waals surface area contributed by atoms with Gasteiger partial charge >= 0.3 is 12.1 Å². The molecular weight excluding hydrogens is 705 g/mol. The summed E-state index contributed by atoms with van der Waals surface area (Å²) in [7, 11) is -3.93. The van der Waals surface area contributed by atoms with Gasteiger partial charge in [-0.1, -0.05) is 54.6 Å². The predicted octanol–water partition coefficient (Wildman–Crippen LogP) is 3.22. The molecule has 3 fully saturated rings. The number of ether oxygens (including phenoxy) is 3. The maximum absolute atomic E-state index is 14.3. The summed E-state index contributed by atoms with van der Waals surface area (Å²) in [5.74, 6) is -3.38. The summed E-state index contributed by atoms with van der Waals surface area (Å²) in [4.78, 5) is 69.6. The minimum Gasteiger partial charge on any atom is -0.457 e. The molecule has 0 bridgehead atoms. The molecule has 4 aliphatic rings. The molecule has 0 spiro atoms. The van der Waals surface area contributed by atoms with Crippen LogP contribution in [0.15, 0.2) is 66.7 Å². The van der Waals surface area contributed by atoms with Gasteiger partial charge in [-0.25, -0.2) is 18.0 Å². The molecule has 2 aromatic carbocycles. The van der Waals surface area contributed by atoms with Crippen LogP contribution in [0, 0.1) is 5.92 Å². The number of alkyl carbamates (subject to hydrolysis) is 1. The van der Waals surface area contributed by atoms with E-state index in [4.69, 9.17) is 14.2 Å². The molecule has 53 heavy (non-hydrogen) atoms. The second kappa shape index (κ2) is 15.3. The number of hydrogen-bond donors (Lipinski definition) is 3. The monoisotopic (exact) mass is 750 g/mol. The number of benzene rings is 2. The molecule has 14 nitrogen and oxygen atoms in total. The number of amides is 4. The minimum atomic E-state index is -3.93. The van der Waals surface area contributed by atoms with Crippen LogP contribution in [0.25, 0.3) is 11.1 Å². The van der Waals surface area contributed by atoms with E-state index in [0.29, 0.717) is 19.3 Å². The van der Waals surface area contributed by atoms with E-state index in [-0.39, 0.29) is 44.6 Å². The first-order valence-electron chi connectivity index (χ1n) is 17.9. The standard InChI is InChI=1S/C38H46N4O10S/c1-37(2,3)52-36(47)39-30-12-8-20-50-19-7-11-27-22-38(27,35(46)41-53(48,49)29-17-18-29)40-32(43)31-21-28(23-42(31)33(30)44)51-34(45)26-15-13-25(14-16-26)24-9-5-4-6-10-24/h4-7,9-11,13-16,27-31H,8,12,17-23H2,1-3H3,(H,39,47)(H,40,43)(H,41,46)/b11-7+. The van der Waals surface area contributed by atoms with Crippen LogP contribution in [0.1, 0.15) is 69.7 Å². The van der Waals surface area contributed by atoms with E-state index in [0.717, 1.165) is 11.1 Å². The smallest absolute Gasteiger partial charge is 0.408 e. The van der Waals surface area contributed by atoms with Gasteiger partial charge in [0.05, 0.1) is 24.0 Å². The Balaban J connectivity index is 1.25. The quantitative estimate of drug-likeness (QED) is 0.280. The number of rotatable bonds is 7. The third kappa shape index (κ3) is 9.25. The zero-order chi connectivity index (χ0) is 38.0. The van der Waals surface area contributed by atoms with Crippen molar-refractivity contribution in [3.8, 4) is 11.1 Å². The SMILES string of the molecule is CC(C)(C)OC(=O)NC1CCCOC/C=C/C2CC2(C(=O)NS(=O)(=O)C2CC2)NC(=O)C2CC(OC(=O)c3ccc(-c4ccccc4)cc3)CN2C1=O. The third-order valence-corrected chi connectivity index (χ3v) is 11.5. The normalized spacial score (nSPS) is 27.1. The molecule has 6 rings (SSSR count). The summed E-state index contributed by atoms with van der Waals surface area (Å²) < 4.78 is 44.6. The fourth-order valence-electron chi connectivity index (χ4n) is 6.66. The minimum absolute atomic E-state index is 0.105. The topological polar surface area (TPSA) is 187 Å². The molecule has 5 atom stereocenters. The molecule has 5 unspecified atom stereocenters. The lowest BCUT2D eigenvalue weighted by Crippen LogP contribution is -2.58. The van der Waals surface area contributed by atoms with Gasteiger partial charge in [-0.15, -0.1) is 0 Å². The second-order valence-corrected chi connectivity index (χ2v) is 17.0. The van der Waals surface area contributed by atoms with Gasteiger partial charge in [0.1, 0.15) is 29.3 Å². The number of nitrogens with one attached hydrogen (secondary N) is 3. The van der Waals surface area contributed by atoms with Crippen molar-refractivity contribution in [1.29, 1.82) is 0 Å². The maximum atomic E-state index is 14.3. The summed E-state index contributed by atoms with van der Waals surface area (Å²) in [6, 6.07) is 14.2. The van der Waals surface area contributed by atoms with Gasteiger partial charge in [0.25, 0.3) is 5.91 Å². The van der Waals surface area contributed by atoms with Crippen molar-refractivity contribution in [3.63, 3.8) is 0 Å². The predicted molar refractivity (Wildman–Crippen MR) is 193 cm³/mol. The van der Waals surface area contributed by atoms with Gasteiger partial charge in [0.2, 0.25) is 21.8 Å². The molecular formula is C38H46N4O10S. The maximum Gasteiger partial charge on any atom is 0.408 e. The van der Waals surface area contributed by atoms with Crippen LogP contribution >= 0.6 is 0 Å². The Morgan fingerprint density at radius 3 is 2.36 bits per heavy atom. The van der Waals surface area contributed by atoms with E-state index in [2.05, 4.69) is 15.4 Å². The zero-order valence-corrected chi connectivity index (χ0v) is 30.9. The summed E-state index contributed by atoms with van der Waals surface area (Å²) >= 11 is 0. The van der Waals surface area contributed by atoms with Crippen LogP contribution in [-0.4, -0.2) is 97.4 Å². The zero-order valence-electron chi connectivity index (χ0n) is 30.0. The van der Waals surface area contributed by atoms with Crippen molar-refractivity contribution in [2.75, 3.05) is 19.8 Å². The first kappa shape index (κ1) is 38.0. The van der Waals surface area contributed by atoms with Crippen LogP contribution < -0.4 is 15.4 Å². The van der Waals surface area contributed by atoms with E-state index in [1.165, 1.54) is 4.90 Å². The van der Waals surface area contributed by atoms with Crippen molar-refractivity contribution in [1.82, 2.24) is 20.3 Å². The molecule has 284 valence electrons. The summed E-state index contributed by atoms with van der Waals surface area (Å²) in [6.07, 6.45) is 3.09. The van der Waals surface area contributed by atoms with Crippen LogP contribution in [0.3, 0.4) is 0 Å². The lowest BCUT2D eigenvalue weighted by atomic mass is 10.0. The Hall–Kier alpha value is -4.76. The highest BCUT2D eigenvalue weighted by Crippen LogP contribution is 2.46. The molecule has 1 saturated heterocycles. The lowest BCUT2D eigenvalue weighted by molar-refractivity contribution is -0.141. The van der Waals surface area contributed by atoms with Crippen LogP contribution in [-0.2, 0) is 38.6 Å². The average Bonchev–Trinajstić information content (AvgIpc) is 4.03. The molecule has 2 aliphatic heterocycles. The highest BCUT2D eigenvalue weighted by atomic mass is 32.2. The van der Waals surface area contributed by atoms with Crippen molar-refractivity contribution in [2.24, 2.45) is 5.92 Å². The van der Waals surface area contributed by atoms with Gasteiger partial charge < -0.3 is 29.7 Å². The van der Waals surface area contributed by atoms with Crippen LogP contribution in [0.4, 0.5) is 4.79 Å². The van der Waals surface area contributed by atoms with Crippen LogP contribution in [0.5, 0.6) is 0 Å². The van der Waals surface area contributed by atoms with E-state index in [1.807, 2.05) is 30.3 Å². The highest BCUT2D eigenvalue weighted by molar-refractivity contribution is 7.91. The van der Waals surface area contributed by atoms with Gasteiger partial charge in [-0.05, 0) is 76.1 Å². The third-order valence-electron chi connectivity index (χ3n) is 9.67. The number of esters is 1. The second-order valence-electron chi connectivity index (χ2n) is 15.0. The Morgan fingerprint density at radius 2 is 1.68 bits per heavy atom. The Kier molecular flexibility index (Phi) is 11.0. The largest absolute Gasteiger partial charge is 0.457 e. The molecule has 4 amide bonds. The molecule has 15 heteroatoms. The van der Waals surface area contributed by atoms with Gasteiger partial charge in [-0.3, -0.25) is 19.1 Å². The van der Waals surface area contributed by atoms with Crippen molar-refractivity contribution >= 4 is 39.8 Å². The van der Waals surface area contributed by atoms with E-state index < -0.39 is 80.3 Å². The summed E-state index contributed by atoms with van der Waals surface area (Å²) in [5.41, 5.74) is -0.285. The van der Waals surface area contributed by atoms with Gasteiger partial charge in [-0.2, -0.15) is 0 Å². The lowest BCUT2D eigenvalue weighted by Gasteiger charge is -2.30. The number of carbonyl (C=O) groups is 5. The molecule has 0 aromatic heterocycles. The van der Waals surface area contributed by atoms with E-state index in [9.17, 15) is 32.4 Å². The Labute approximate surface area is 309 Å². The molecule has 0 radical (unpaired) electrons. The van der Waals surface area contributed by atoms with Crippen LogP contribution in [0.2, 0.25) is 0 Å². The van der Waals surface area contributed by atoms with E-state index in [1.54, 1.807) is 57.2 Å². The van der Waals surface area contributed by atoms with Gasteiger partial charge in [0, 0.05) is 18.9 Å². The Morgan fingerprint density at radius 1 is 0.981 bits per heavy atom. The fourth-order valence-corrected chi connectivity index (χ4v) is 8.02. The number of carbonyl (C=O) groups excluding carboxylic acids is 5. The molecule has 2 saturated carbocycles. The first-order chi connectivity index (χ1) is 25.1. The van der Waals surface area contributed by atoms with Crippen molar-refractivity contribution in [3.05, 3.63) is 72.3 Å².